The van der Waals surface area contributed by atoms with Gasteiger partial charge in [-0.3, -0.25) is 14.6 Å². The molecule has 0 radical (unpaired) electrons. The van der Waals surface area contributed by atoms with Crippen molar-refractivity contribution in [2.75, 3.05) is 53.0 Å². The molecular formula is C23H35N3O4. The zero-order valence-electron chi connectivity index (χ0n) is 18.0. The van der Waals surface area contributed by atoms with Gasteiger partial charge < -0.3 is 19.9 Å². The van der Waals surface area contributed by atoms with Crippen LogP contribution in [0.1, 0.15) is 31.2 Å². The van der Waals surface area contributed by atoms with Gasteiger partial charge in [-0.05, 0) is 42.4 Å². The van der Waals surface area contributed by atoms with Crippen LogP contribution >= 0.6 is 0 Å². The third kappa shape index (κ3) is 5.45. The Bertz CT molecular complexity index is 716. The van der Waals surface area contributed by atoms with E-state index in [1.807, 2.05) is 12.1 Å². The standard InChI is InChI=1S/C23H35N3O4/c1-29-21-6-5-17(12-26-13-18-3-2-4-19(18)14-26)11-22(21)30-16-20(27)15-25-9-7-23(28)24-8-10-25/h5-6,11,18-20,27H,2-4,7-10,12-16H2,1H3,(H,24,28)/t18-,19+,20?. The number of amides is 1. The summed E-state index contributed by atoms with van der Waals surface area (Å²) in [5, 5.41) is 13.3. The van der Waals surface area contributed by atoms with Crippen LogP contribution in [0.25, 0.3) is 0 Å². The van der Waals surface area contributed by atoms with Crippen LogP contribution in [0, 0.1) is 11.8 Å². The third-order valence-electron chi connectivity index (χ3n) is 6.74. The monoisotopic (exact) mass is 417 g/mol. The highest BCUT2D eigenvalue weighted by atomic mass is 16.5. The molecule has 0 aromatic heterocycles. The van der Waals surface area contributed by atoms with Gasteiger partial charge in [0, 0.05) is 52.2 Å². The van der Waals surface area contributed by atoms with E-state index in [1.54, 1.807) is 7.11 Å². The molecule has 1 aromatic rings. The molecule has 7 heteroatoms. The van der Waals surface area contributed by atoms with Gasteiger partial charge in [0.1, 0.15) is 12.7 Å². The fraction of sp³-hybridized carbons (Fsp3) is 0.696. The minimum atomic E-state index is -0.621. The molecule has 7 nitrogen and oxygen atoms in total. The molecule has 3 fully saturated rings. The molecule has 2 heterocycles. The van der Waals surface area contributed by atoms with E-state index in [1.165, 1.54) is 37.9 Å². The number of methoxy groups -OCH3 is 1. The molecule has 2 aliphatic heterocycles. The van der Waals surface area contributed by atoms with Gasteiger partial charge in [-0.1, -0.05) is 12.5 Å². The SMILES string of the molecule is COc1ccc(CN2C[C@H]3CCC[C@H]3C2)cc1OCC(O)CN1CCNC(=O)CC1. The highest BCUT2D eigenvalue weighted by Gasteiger charge is 2.35. The number of likely N-dealkylation sites (tertiary alicyclic amines) is 1. The first-order valence-corrected chi connectivity index (χ1v) is 11.3. The molecule has 1 saturated carbocycles. The van der Waals surface area contributed by atoms with Crippen LogP contribution in [0.5, 0.6) is 11.5 Å². The van der Waals surface area contributed by atoms with Crippen LogP contribution in [-0.2, 0) is 11.3 Å². The van der Waals surface area contributed by atoms with Crippen LogP contribution in [-0.4, -0.2) is 79.9 Å². The van der Waals surface area contributed by atoms with Gasteiger partial charge in [0.15, 0.2) is 11.5 Å². The maximum atomic E-state index is 11.5. The Hall–Kier alpha value is -1.83. The Labute approximate surface area is 179 Å². The second-order valence-electron chi connectivity index (χ2n) is 9.00. The van der Waals surface area contributed by atoms with Crippen molar-refractivity contribution in [1.82, 2.24) is 15.1 Å². The number of aliphatic hydroxyl groups excluding tert-OH is 1. The van der Waals surface area contributed by atoms with Crippen LogP contribution < -0.4 is 14.8 Å². The molecule has 166 valence electrons. The Morgan fingerprint density at radius 1 is 1.17 bits per heavy atom. The van der Waals surface area contributed by atoms with Crippen LogP contribution in [0.2, 0.25) is 0 Å². The van der Waals surface area contributed by atoms with E-state index in [0.29, 0.717) is 37.6 Å². The minimum absolute atomic E-state index is 0.0754. The quantitative estimate of drug-likeness (QED) is 0.668. The molecule has 3 atom stereocenters. The van der Waals surface area contributed by atoms with E-state index >= 15 is 0 Å². The topological polar surface area (TPSA) is 74.3 Å². The molecule has 1 aromatic carbocycles. The lowest BCUT2D eigenvalue weighted by Crippen LogP contribution is -2.37. The number of carbonyl (C=O) groups is 1. The number of fused-ring (bicyclic) bond motifs is 1. The first-order valence-electron chi connectivity index (χ1n) is 11.3. The number of carbonyl (C=O) groups excluding carboxylic acids is 1. The normalized spacial score (nSPS) is 26.1. The zero-order valence-corrected chi connectivity index (χ0v) is 18.0. The molecule has 3 aliphatic rings. The molecular weight excluding hydrogens is 382 g/mol. The van der Waals surface area contributed by atoms with Gasteiger partial charge in [-0.15, -0.1) is 0 Å². The van der Waals surface area contributed by atoms with Crippen molar-refractivity contribution >= 4 is 5.91 Å². The molecule has 4 rings (SSSR count). The Kier molecular flexibility index (Phi) is 7.12. The summed E-state index contributed by atoms with van der Waals surface area (Å²) in [6.45, 7) is 6.08. The van der Waals surface area contributed by atoms with Crippen LogP contribution in [0.4, 0.5) is 0 Å². The van der Waals surface area contributed by atoms with E-state index in [4.69, 9.17) is 9.47 Å². The molecule has 0 spiro atoms. The van der Waals surface area contributed by atoms with E-state index in [-0.39, 0.29) is 12.5 Å². The summed E-state index contributed by atoms with van der Waals surface area (Å²) in [5.74, 6) is 3.22. The second-order valence-corrected chi connectivity index (χ2v) is 9.00. The predicted molar refractivity (Wildman–Crippen MR) is 115 cm³/mol. The minimum Gasteiger partial charge on any atom is -0.493 e. The number of ether oxygens (including phenoxy) is 2. The summed E-state index contributed by atoms with van der Waals surface area (Å²) in [7, 11) is 1.64. The van der Waals surface area contributed by atoms with Crippen molar-refractivity contribution in [3.63, 3.8) is 0 Å². The van der Waals surface area contributed by atoms with Gasteiger partial charge in [0.2, 0.25) is 5.91 Å². The van der Waals surface area contributed by atoms with Crippen molar-refractivity contribution in [3.8, 4) is 11.5 Å². The number of hydrogen-bond donors (Lipinski definition) is 2. The molecule has 2 N–H and O–H groups in total. The van der Waals surface area contributed by atoms with Crippen molar-refractivity contribution in [1.29, 1.82) is 0 Å². The van der Waals surface area contributed by atoms with Crippen LogP contribution in [0.15, 0.2) is 18.2 Å². The first-order chi connectivity index (χ1) is 14.6. The number of β-amino-alcohol motifs (C(OH)–C–C–N with tert-alkyl or cyclic N) is 1. The second kappa shape index (κ2) is 9.98. The molecule has 1 aliphatic carbocycles. The summed E-state index contributed by atoms with van der Waals surface area (Å²) in [6, 6.07) is 6.12. The van der Waals surface area contributed by atoms with E-state index in [2.05, 4.69) is 21.2 Å². The highest BCUT2D eigenvalue weighted by molar-refractivity contribution is 5.76. The highest BCUT2D eigenvalue weighted by Crippen LogP contribution is 2.38. The smallest absolute Gasteiger partial charge is 0.221 e. The largest absolute Gasteiger partial charge is 0.493 e. The Morgan fingerprint density at radius 2 is 1.97 bits per heavy atom. The molecule has 1 amide bonds. The van der Waals surface area contributed by atoms with E-state index in [9.17, 15) is 9.90 Å². The first kappa shape index (κ1) is 21.4. The third-order valence-corrected chi connectivity index (χ3v) is 6.74. The van der Waals surface area contributed by atoms with E-state index < -0.39 is 6.10 Å². The van der Waals surface area contributed by atoms with Crippen molar-refractivity contribution in [2.45, 2.75) is 38.3 Å². The Morgan fingerprint density at radius 3 is 2.73 bits per heavy atom. The van der Waals surface area contributed by atoms with Gasteiger partial charge >= 0.3 is 0 Å². The van der Waals surface area contributed by atoms with Gasteiger partial charge in [0.25, 0.3) is 0 Å². The van der Waals surface area contributed by atoms with Gasteiger partial charge in [-0.25, -0.2) is 0 Å². The molecule has 30 heavy (non-hydrogen) atoms. The maximum Gasteiger partial charge on any atom is 0.221 e. The number of nitrogens with zero attached hydrogens (tertiary/aromatic N) is 2. The number of nitrogens with one attached hydrogen (secondary N) is 1. The van der Waals surface area contributed by atoms with E-state index in [0.717, 1.165) is 24.9 Å². The van der Waals surface area contributed by atoms with Crippen molar-refractivity contribution < 1.29 is 19.4 Å². The van der Waals surface area contributed by atoms with Gasteiger partial charge in [0.05, 0.1) is 7.11 Å². The number of rotatable bonds is 8. The number of aliphatic hydroxyl groups is 1. The molecule has 2 saturated heterocycles. The molecule has 1 unspecified atom stereocenters. The Balaban J connectivity index is 1.30. The fourth-order valence-corrected chi connectivity index (χ4v) is 5.18. The zero-order chi connectivity index (χ0) is 20.9. The predicted octanol–water partition coefficient (Wildman–Crippen LogP) is 1.49. The summed E-state index contributed by atoms with van der Waals surface area (Å²) < 4.78 is 11.4. The summed E-state index contributed by atoms with van der Waals surface area (Å²) in [4.78, 5) is 16.1. The lowest BCUT2D eigenvalue weighted by atomic mass is 10.0. The van der Waals surface area contributed by atoms with Crippen LogP contribution in [0.3, 0.4) is 0 Å². The number of benzene rings is 1. The maximum absolute atomic E-state index is 11.5. The molecule has 0 bridgehead atoms. The fourth-order valence-electron chi connectivity index (χ4n) is 5.18. The lowest BCUT2D eigenvalue weighted by molar-refractivity contribution is -0.120. The average Bonchev–Trinajstić information content (AvgIpc) is 3.25. The summed E-state index contributed by atoms with van der Waals surface area (Å²) in [6.07, 6.45) is 4.02. The van der Waals surface area contributed by atoms with Crippen molar-refractivity contribution in [2.24, 2.45) is 11.8 Å². The lowest BCUT2D eigenvalue weighted by Gasteiger charge is -2.23. The average molecular weight is 418 g/mol. The summed E-state index contributed by atoms with van der Waals surface area (Å²) >= 11 is 0. The van der Waals surface area contributed by atoms with Gasteiger partial charge in [-0.2, -0.15) is 0 Å². The number of hydrogen-bond acceptors (Lipinski definition) is 6. The summed E-state index contributed by atoms with van der Waals surface area (Å²) in [5.41, 5.74) is 1.22. The van der Waals surface area contributed by atoms with Crippen molar-refractivity contribution in [3.05, 3.63) is 23.8 Å².